The maximum absolute atomic E-state index is 12.8. The van der Waals surface area contributed by atoms with Gasteiger partial charge < -0.3 is 4.79 Å². The second-order valence-electron chi connectivity index (χ2n) is 2.31. The van der Waals surface area contributed by atoms with Crippen LogP contribution >= 0.6 is 15.9 Å². The molecule has 0 aromatic carbocycles. The molecule has 0 spiro atoms. The molecule has 1 aromatic heterocycles. The van der Waals surface area contributed by atoms with Gasteiger partial charge in [0.2, 0.25) is 5.95 Å². The molecule has 0 aliphatic carbocycles. The van der Waals surface area contributed by atoms with Crippen LogP contribution in [0.25, 0.3) is 0 Å². The van der Waals surface area contributed by atoms with Crippen molar-refractivity contribution in [3.63, 3.8) is 0 Å². The van der Waals surface area contributed by atoms with E-state index in [0.717, 1.165) is 6.29 Å². The molecule has 0 fully saturated rings. The summed E-state index contributed by atoms with van der Waals surface area (Å²) in [5.41, 5.74) is 0.450. The smallest absolute Gasteiger partial charge is 0.216 e. The summed E-state index contributed by atoms with van der Waals surface area (Å²) in [4.78, 5) is 13.4. The predicted molar refractivity (Wildman–Crippen MR) is 46.7 cm³/mol. The van der Waals surface area contributed by atoms with E-state index in [1.165, 1.54) is 6.20 Å². The molecule has 1 unspecified atom stereocenters. The van der Waals surface area contributed by atoms with E-state index < -0.39 is 5.95 Å². The number of nitrogens with zero attached hydrogens (tertiary/aromatic N) is 1. The van der Waals surface area contributed by atoms with Crippen molar-refractivity contribution in [2.75, 3.05) is 0 Å². The van der Waals surface area contributed by atoms with Crippen LogP contribution in [0.15, 0.2) is 18.3 Å². The molecule has 0 bridgehead atoms. The number of aromatic nitrogens is 1. The normalized spacial score (nSPS) is 12.5. The van der Waals surface area contributed by atoms with Gasteiger partial charge in [-0.15, -0.1) is 0 Å². The fourth-order valence-corrected chi connectivity index (χ4v) is 1.18. The molecule has 0 N–H and O–H groups in total. The molecule has 1 rings (SSSR count). The van der Waals surface area contributed by atoms with E-state index in [1.807, 2.05) is 0 Å². The summed E-state index contributed by atoms with van der Waals surface area (Å²) in [6.45, 7) is 0. The van der Waals surface area contributed by atoms with Crippen molar-refractivity contribution in [3.05, 3.63) is 29.8 Å². The van der Waals surface area contributed by atoms with Gasteiger partial charge in [-0.2, -0.15) is 4.39 Å². The van der Waals surface area contributed by atoms with Gasteiger partial charge in [-0.1, -0.05) is 22.0 Å². The molecule has 12 heavy (non-hydrogen) atoms. The third-order valence-electron chi connectivity index (χ3n) is 1.40. The fourth-order valence-electron chi connectivity index (χ4n) is 0.830. The fraction of sp³-hybridized carbons (Fsp3) is 0.250. The van der Waals surface area contributed by atoms with E-state index >= 15 is 0 Å². The minimum atomic E-state index is -0.510. The van der Waals surface area contributed by atoms with Crippen molar-refractivity contribution in [1.82, 2.24) is 4.98 Å². The average Bonchev–Trinajstić information content (AvgIpc) is 2.09. The molecule has 0 saturated carbocycles. The van der Waals surface area contributed by atoms with E-state index in [0.29, 0.717) is 12.0 Å². The summed E-state index contributed by atoms with van der Waals surface area (Å²) in [5.74, 6) is -0.510. The summed E-state index contributed by atoms with van der Waals surface area (Å²) in [6.07, 6.45) is 2.44. The number of hydrogen-bond acceptors (Lipinski definition) is 2. The highest BCUT2D eigenvalue weighted by Gasteiger charge is 2.07. The van der Waals surface area contributed by atoms with Crippen molar-refractivity contribution in [2.24, 2.45) is 0 Å². The summed E-state index contributed by atoms with van der Waals surface area (Å²) in [7, 11) is 0. The largest absolute Gasteiger partial charge is 0.302 e. The zero-order valence-corrected chi connectivity index (χ0v) is 7.79. The van der Waals surface area contributed by atoms with E-state index in [2.05, 4.69) is 20.9 Å². The van der Waals surface area contributed by atoms with Crippen LogP contribution in [0.4, 0.5) is 4.39 Å². The van der Waals surface area contributed by atoms with Crippen LogP contribution in [-0.2, 0) is 11.2 Å². The molecule has 0 amide bonds. The zero-order chi connectivity index (χ0) is 8.97. The highest BCUT2D eigenvalue weighted by molar-refractivity contribution is 9.09. The molecule has 64 valence electrons. The van der Waals surface area contributed by atoms with Crippen molar-refractivity contribution >= 4 is 22.2 Å². The number of hydrogen-bond donors (Lipinski definition) is 0. The van der Waals surface area contributed by atoms with Gasteiger partial charge in [0.1, 0.15) is 6.29 Å². The molecular weight excluding hydrogens is 225 g/mol. The number of rotatable bonds is 3. The van der Waals surface area contributed by atoms with Crippen LogP contribution in [0.3, 0.4) is 0 Å². The van der Waals surface area contributed by atoms with Crippen LogP contribution in [0.1, 0.15) is 5.56 Å². The maximum atomic E-state index is 12.8. The Kier molecular flexibility index (Phi) is 3.34. The molecular formula is C8H7BrFNO. The number of aldehydes is 1. The SMILES string of the molecule is O=CC(Br)Cc1cccnc1F. The van der Waals surface area contributed by atoms with Gasteiger partial charge in [0.15, 0.2) is 0 Å². The Morgan fingerprint density at radius 3 is 3.08 bits per heavy atom. The molecule has 0 aliphatic rings. The highest BCUT2D eigenvalue weighted by Crippen LogP contribution is 2.09. The van der Waals surface area contributed by atoms with Gasteiger partial charge in [-0.05, 0) is 12.5 Å². The van der Waals surface area contributed by atoms with E-state index in [9.17, 15) is 9.18 Å². The van der Waals surface area contributed by atoms with Crippen LogP contribution < -0.4 is 0 Å². The Bertz CT molecular complexity index is 280. The van der Waals surface area contributed by atoms with Crippen LogP contribution in [0.2, 0.25) is 0 Å². The van der Waals surface area contributed by atoms with Gasteiger partial charge in [0.25, 0.3) is 0 Å². The average molecular weight is 232 g/mol. The summed E-state index contributed by atoms with van der Waals surface area (Å²) in [6, 6.07) is 3.25. The van der Waals surface area contributed by atoms with E-state index in [4.69, 9.17) is 0 Å². The number of carbonyl (C=O) groups is 1. The van der Waals surface area contributed by atoms with E-state index in [1.54, 1.807) is 12.1 Å². The summed E-state index contributed by atoms with van der Waals surface area (Å²) < 4.78 is 12.8. The molecule has 0 radical (unpaired) electrons. The van der Waals surface area contributed by atoms with Crippen molar-refractivity contribution in [1.29, 1.82) is 0 Å². The topological polar surface area (TPSA) is 30.0 Å². The second kappa shape index (κ2) is 4.30. The minimum Gasteiger partial charge on any atom is -0.302 e. The first-order valence-corrected chi connectivity index (χ1v) is 4.34. The first kappa shape index (κ1) is 9.32. The minimum absolute atomic E-state index is 0.336. The van der Waals surface area contributed by atoms with Gasteiger partial charge >= 0.3 is 0 Å². The predicted octanol–water partition coefficient (Wildman–Crippen LogP) is 1.73. The molecule has 4 heteroatoms. The number of pyridine rings is 1. The highest BCUT2D eigenvalue weighted by atomic mass is 79.9. The Morgan fingerprint density at radius 1 is 1.75 bits per heavy atom. The third kappa shape index (κ3) is 2.37. The molecule has 0 saturated heterocycles. The van der Waals surface area contributed by atoms with Crippen LogP contribution in [0.5, 0.6) is 0 Å². The van der Waals surface area contributed by atoms with Crippen LogP contribution in [-0.4, -0.2) is 16.1 Å². The van der Waals surface area contributed by atoms with Crippen molar-refractivity contribution in [3.8, 4) is 0 Å². The Balaban J connectivity index is 2.75. The molecule has 1 heterocycles. The summed E-state index contributed by atoms with van der Waals surface area (Å²) >= 11 is 3.09. The molecule has 1 aromatic rings. The lowest BCUT2D eigenvalue weighted by atomic mass is 10.2. The second-order valence-corrected chi connectivity index (χ2v) is 3.49. The Labute approximate surface area is 77.9 Å². The third-order valence-corrected chi connectivity index (χ3v) is 1.94. The van der Waals surface area contributed by atoms with Crippen molar-refractivity contribution in [2.45, 2.75) is 11.2 Å². The number of carbonyl (C=O) groups excluding carboxylic acids is 1. The van der Waals surface area contributed by atoms with Gasteiger partial charge in [-0.3, -0.25) is 0 Å². The van der Waals surface area contributed by atoms with Gasteiger partial charge in [0, 0.05) is 11.8 Å². The van der Waals surface area contributed by atoms with Crippen LogP contribution in [0, 0.1) is 5.95 Å². The first-order valence-electron chi connectivity index (χ1n) is 3.43. The molecule has 0 aliphatic heterocycles. The standard InChI is InChI=1S/C8H7BrFNO/c9-7(5-12)4-6-2-1-3-11-8(6)10/h1-3,5,7H,4H2. The quantitative estimate of drug-likeness (QED) is 0.451. The number of halogens is 2. The molecule has 2 nitrogen and oxygen atoms in total. The Hall–Kier alpha value is -0.770. The lowest BCUT2D eigenvalue weighted by Crippen LogP contribution is -2.06. The zero-order valence-electron chi connectivity index (χ0n) is 6.21. The Morgan fingerprint density at radius 2 is 2.50 bits per heavy atom. The van der Waals surface area contributed by atoms with Crippen molar-refractivity contribution < 1.29 is 9.18 Å². The van der Waals surface area contributed by atoms with Gasteiger partial charge in [-0.25, -0.2) is 4.98 Å². The molecule has 1 atom stereocenters. The lowest BCUT2D eigenvalue weighted by Gasteiger charge is -2.01. The van der Waals surface area contributed by atoms with Gasteiger partial charge in [0.05, 0.1) is 4.83 Å². The van der Waals surface area contributed by atoms with E-state index in [-0.39, 0.29) is 4.83 Å². The first-order chi connectivity index (χ1) is 5.74. The monoisotopic (exact) mass is 231 g/mol. The number of alkyl halides is 1. The summed E-state index contributed by atoms with van der Waals surface area (Å²) in [5, 5.41) is 0. The maximum Gasteiger partial charge on any atom is 0.216 e. The lowest BCUT2D eigenvalue weighted by molar-refractivity contribution is -0.107.